The van der Waals surface area contributed by atoms with Crippen LogP contribution in [0.2, 0.25) is 0 Å². The smallest absolute Gasteiger partial charge is 0.241 e. The molecule has 136 valence electrons. The van der Waals surface area contributed by atoms with Crippen LogP contribution in [0.15, 0.2) is 60.7 Å². The standard InChI is InChI=1S/C20H14N6O2/c27-17-11-18(28)26(14-6-3-5-13(10-14)20-22-24-25-23-20)16-9-8-12-4-1-2-7-15(12)19(16)21-17/h1-10H,11H2,(H,21,27)(H,22,23,24,25). The first-order chi connectivity index (χ1) is 13.7. The van der Waals surface area contributed by atoms with E-state index in [2.05, 4.69) is 25.9 Å². The number of nitrogens with one attached hydrogen (secondary N) is 2. The average Bonchev–Trinajstić information content (AvgIpc) is 3.20. The van der Waals surface area contributed by atoms with Crippen LogP contribution >= 0.6 is 0 Å². The number of carbonyl (C=O) groups excluding carboxylic acids is 2. The molecule has 2 heterocycles. The number of fused-ring (bicyclic) bond motifs is 3. The normalized spacial score (nSPS) is 13.9. The zero-order valence-electron chi connectivity index (χ0n) is 14.6. The van der Waals surface area contributed by atoms with Gasteiger partial charge in [0.1, 0.15) is 6.42 Å². The predicted octanol–water partition coefficient (Wildman–Crippen LogP) is 3.03. The Labute approximate surface area is 159 Å². The highest BCUT2D eigenvalue weighted by molar-refractivity contribution is 6.21. The van der Waals surface area contributed by atoms with Gasteiger partial charge < -0.3 is 5.32 Å². The summed E-state index contributed by atoms with van der Waals surface area (Å²) in [5.74, 6) is -0.142. The van der Waals surface area contributed by atoms with Gasteiger partial charge in [0, 0.05) is 16.6 Å². The SMILES string of the molecule is O=C1CC(=O)N(c2cccc(-c3nnn[nH]3)c2)c2ccc3ccccc3c2N1. The second-order valence-electron chi connectivity index (χ2n) is 6.44. The Balaban J connectivity index is 1.72. The quantitative estimate of drug-likeness (QED) is 0.528. The zero-order valence-corrected chi connectivity index (χ0v) is 14.6. The van der Waals surface area contributed by atoms with E-state index in [0.29, 0.717) is 22.9 Å². The van der Waals surface area contributed by atoms with E-state index >= 15 is 0 Å². The minimum absolute atomic E-state index is 0.239. The van der Waals surface area contributed by atoms with Gasteiger partial charge in [0.05, 0.1) is 11.4 Å². The molecular weight excluding hydrogens is 356 g/mol. The summed E-state index contributed by atoms with van der Waals surface area (Å²) in [5.41, 5.74) is 2.62. The molecule has 0 saturated carbocycles. The number of amides is 2. The van der Waals surface area contributed by atoms with Gasteiger partial charge in [-0.15, -0.1) is 5.10 Å². The summed E-state index contributed by atoms with van der Waals surface area (Å²) in [5, 5.41) is 18.6. The third kappa shape index (κ3) is 2.59. The Morgan fingerprint density at radius 3 is 2.71 bits per heavy atom. The topological polar surface area (TPSA) is 104 Å². The van der Waals surface area contributed by atoms with Crippen molar-refractivity contribution in [2.75, 3.05) is 10.2 Å². The van der Waals surface area contributed by atoms with Crippen LogP contribution in [0.5, 0.6) is 0 Å². The van der Waals surface area contributed by atoms with Crippen LogP contribution in [0.1, 0.15) is 6.42 Å². The largest absolute Gasteiger partial charge is 0.323 e. The first-order valence-electron chi connectivity index (χ1n) is 8.69. The highest BCUT2D eigenvalue weighted by Crippen LogP contribution is 2.40. The number of H-pyrrole nitrogens is 1. The van der Waals surface area contributed by atoms with E-state index < -0.39 is 0 Å². The van der Waals surface area contributed by atoms with Crippen LogP contribution in [0.4, 0.5) is 17.1 Å². The maximum absolute atomic E-state index is 12.9. The molecule has 0 fully saturated rings. The van der Waals surface area contributed by atoms with Gasteiger partial charge in [0.25, 0.3) is 0 Å². The molecule has 1 aliphatic heterocycles. The number of aromatic amines is 1. The number of carbonyl (C=O) groups is 2. The number of benzene rings is 3. The Morgan fingerprint density at radius 2 is 1.86 bits per heavy atom. The summed E-state index contributed by atoms with van der Waals surface area (Å²) < 4.78 is 0. The molecule has 0 spiro atoms. The van der Waals surface area contributed by atoms with Crippen molar-refractivity contribution in [3.63, 3.8) is 0 Å². The van der Waals surface area contributed by atoms with E-state index in [1.165, 1.54) is 0 Å². The first kappa shape index (κ1) is 16.1. The van der Waals surface area contributed by atoms with Crippen molar-refractivity contribution in [2.45, 2.75) is 6.42 Å². The van der Waals surface area contributed by atoms with E-state index in [1.807, 2.05) is 60.7 Å². The highest BCUT2D eigenvalue weighted by Gasteiger charge is 2.28. The molecule has 0 unspecified atom stereocenters. The van der Waals surface area contributed by atoms with Gasteiger partial charge in [-0.25, -0.2) is 5.10 Å². The van der Waals surface area contributed by atoms with Crippen molar-refractivity contribution in [1.82, 2.24) is 20.6 Å². The number of tetrazole rings is 1. The summed E-state index contributed by atoms with van der Waals surface area (Å²) in [6.45, 7) is 0. The molecule has 1 aromatic heterocycles. The monoisotopic (exact) mass is 370 g/mol. The first-order valence-corrected chi connectivity index (χ1v) is 8.69. The van der Waals surface area contributed by atoms with E-state index in [0.717, 1.165) is 16.3 Å². The highest BCUT2D eigenvalue weighted by atomic mass is 16.2. The summed E-state index contributed by atoms with van der Waals surface area (Å²) in [6.07, 6.45) is -0.239. The number of anilines is 3. The van der Waals surface area contributed by atoms with Crippen molar-refractivity contribution in [3.05, 3.63) is 60.7 Å². The Morgan fingerprint density at radius 1 is 0.964 bits per heavy atom. The molecule has 4 aromatic rings. The van der Waals surface area contributed by atoms with Crippen molar-refractivity contribution >= 4 is 39.6 Å². The number of nitrogens with zero attached hydrogens (tertiary/aromatic N) is 4. The van der Waals surface area contributed by atoms with Crippen LogP contribution < -0.4 is 10.2 Å². The average molecular weight is 370 g/mol. The van der Waals surface area contributed by atoms with Crippen molar-refractivity contribution in [3.8, 4) is 11.4 Å². The minimum Gasteiger partial charge on any atom is -0.323 e. The molecule has 0 atom stereocenters. The lowest BCUT2D eigenvalue weighted by atomic mass is 10.1. The third-order valence-corrected chi connectivity index (χ3v) is 4.70. The van der Waals surface area contributed by atoms with Crippen LogP contribution in [0, 0.1) is 0 Å². The lowest BCUT2D eigenvalue weighted by Crippen LogP contribution is -2.26. The van der Waals surface area contributed by atoms with Gasteiger partial charge in [-0.3, -0.25) is 14.5 Å². The van der Waals surface area contributed by atoms with Gasteiger partial charge in [0.2, 0.25) is 11.8 Å². The van der Waals surface area contributed by atoms with Gasteiger partial charge in [-0.1, -0.05) is 42.5 Å². The Kier molecular flexibility index (Phi) is 3.61. The Bertz CT molecular complexity index is 1220. The molecule has 0 saturated heterocycles. The molecule has 8 nitrogen and oxygen atoms in total. The number of rotatable bonds is 2. The van der Waals surface area contributed by atoms with Crippen molar-refractivity contribution in [1.29, 1.82) is 0 Å². The molecule has 2 amide bonds. The summed E-state index contributed by atoms with van der Waals surface area (Å²) in [4.78, 5) is 26.8. The van der Waals surface area contributed by atoms with E-state index in [1.54, 1.807) is 4.90 Å². The lowest BCUT2D eigenvalue weighted by Gasteiger charge is -2.23. The molecule has 8 heteroatoms. The fourth-order valence-corrected chi connectivity index (χ4v) is 3.47. The van der Waals surface area contributed by atoms with E-state index in [9.17, 15) is 9.59 Å². The third-order valence-electron chi connectivity index (χ3n) is 4.70. The molecular formula is C20H14N6O2. The van der Waals surface area contributed by atoms with Gasteiger partial charge in [-0.2, -0.15) is 0 Å². The van der Waals surface area contributed by atoms with Crippen LogP contribution in [0.3, 0.4) is 0 Å². The predicted molar refractivity (Wildman–Crippen MR) is 104 cm³/mol. The van der Waals surface area contributed by atoms with Crippen LogP contribution in [-0.2, 0) is 9.59 Å². The summed E-state index contributed by atoms with van der Waals surface area (Å²) in [7, 11) is 0. The molecule has 0 radical (unpaired) electrons. The summed E-state index contributed by atoms with van der Waals surface area (Å²) in [6, 6.07) is 18.8. The fourth-order valence-electron chi connectivity index (χ4n) is 3.47. The molecule has 5 rings (SSSR count). The Hall–Kier alpha value is -4.07. The summed E-state index contributed by atoms with van der Waals surface area (Å²) >= 11 is 0. The second kappa shape index (κ2) is 6.27. The van der Waals surface area contributed by atoms with Crippen molar-refractivity contribution in [2.24, 2.45) is 0 Å². The lowest BCUT2D eigenvalue weighted by molar-refractivity contribution is -0.124. The van der Waals surface area contributed by atoms with Gasteiger partial charge in [0.15, 0.2) is 5.82 Å². The maximum Gasteiger partial charge on any atom is 0.241 e. The van der Waals surface area contributed by atoms with Gasteiger partial charge >= 0.3 is 0 Å². The van der Waals surface area contributed by atoms with E-state index in [-0.39, 0.29) is 18.2 Å². The number of hydrogen-bond donors (Lipinski definition) is 2. The van der Waals surface area contributed by atoms with E-state index in [4.69, 9.17) is 0 Å². The van der Waals surface area contributed by atoms with Gasteiger partial charge in [-0.05, 0) is 34.0 Å². The minimum atomic E-state index is -0.333. The number of hydrogen-bond acceptors (Lipinski definition) is 5. The fraction of sp³-hybridized carbons (Fsp3) is 0.0500. The molecule has 2 N–H and O–H groups in total. The molecule has 3 aromatic carbocycles. The molecule has 0 aliphatic carbocycles. The molecule has 28 heavy (non-hydrogen) atoms. The number of aromatic nitrogens is 4. The second-order valence-corrected chi connectivity index (χ2v) is 6.44. The zero-order chi connectivity index (χ0) is 19.1. The van der Waals surface area contributed by atoms with Crippen LogP contribution in [0.25, 0.3) is 22.2 Å². The van der Waals surface area contributed by atoms with Crippen LogP contribution in [-0.4, -0.2) is 32.4 Å². The van der Waals surface area contributed by atoms with Crippen molar-refractivity contribution < 1.29 is 9.59 Å². The maximum atomic E-state index is 12.9. The molecule has 1 aliphatic rings. The molecule has 0 bridgehead atoms.